The average molecular weight is 363 g/mol. The molecule has 6 heteroatoms. The van der Waals surface area contributed by atoms with Crippen LogP contribution in [0.5, 0.6) is 0 Å². The summed E-state index contributed by atoms with van der Waals surface area (Å²) in [5.74, 6) is -0.302. The summed E-state index contributed by atoms with van der Waals surface area (Å²) >= 11 is 2.07. The van der Waals surface area contributed by atoms with Crippen molar-refractivity contribution in [2.45, 2.75) is 6.04 Å². The number of carbonyl (C=O) groups excluding carboxylic acids is 1. The summed E-state index contributed by atoms with van der Waals surface area (Å²) in [6.07, 6.45) is 1.50. The maximum Gasteiger partial charge on any atom is 0.252 e. The van der Waals surface area contributed by atoms with Crippen LogP contribution < -0.4 is 5.32 Å². The lowest BCUT2D eigenvalue weighted by Crippen LogP contribution is -2.35. The lowest BCUT2D eigenvalue weighted by molar-refractivity contribution is 0.0947. The van der Waals surface area contributed by atoms with Gasteiger partial charge >= 0.3 is 0 Å². The summed E-state index contributed by atoms with van der Waals surface area (Å²) < 4.78 is 23.2. The minimum Gasteiger partial charge on any atom is -0.345 e. The maximum atomic E-state index is 11.9. The number of halogens is 1. The Balaban J connectivity index is 2.09. The molecule has 0 aliphatic carbocycles. The monoisotopic (exact) mass is 363 g/mol. The van der Waals surface area contributed by atoms with Crippen molar-refractivity contribution < 1.29 is 13.2 Å². The standard InChI is InChI=1S/C11H10INO3S/c12-10-4-2-1-3-9(10)11(14)13-8-5-6-17(15,16)7-8/h1-6,8H,7H2,(H,13,14). The molecule has 0 fully saturated rings. The van der Waals surface area contributed by atoms with Gasteiger partial charge < -0.3 is 5.32 Å². The van der Waals surface area contributed by atoms with Gasteiger partial charge in [0.15, 0.2) is 9.84 Å². The second-order valence-corrected chi connectivity index (χ2v) is 6.81. The van der Waals surface area contributed by atoms with Crippen LogP contribution in [0.25, 0.3) is 0 Å². The van der Waals surface area contributed by atoms with E-state index in [1.54, 1.807) is 12.1 Å². The molecule has 1 amide bonds. The van der Waals surface area contributed by atoms with Crippen LogP contribution in [0.1, 0.15) is 10.4 Å². The van der Waals surface area contributed by atoms with Crippen LogP contribution in [-0.2, 0) is 9.84 Å². The van der Waals surface area contributed by atoms with Crippen LogP contribution in [0.3, 0.4) is 0 Å². The van der Waals surface area contributed by atoms with Gasteiger partial charge in [0.1, 0.15) is 0 Å². The molecule has 1 aromatic carbocycles. The summed E-state index contributed by atoms with van der Waals surface area (Å²) in [5.41, 5.74) is 0.561. The topological polar surface area (TPSA) is 63.2 Å². The normalized spacial score (nSPS) is 21.4. The van der Waals surface area contributed by atoms with E-state index in [9.17, 15) is 13.2 Å². The summed E-state index contributed by atoms with van der Waals surface area (Å²) in [4.78, 5) is 11.9. The Morgan fingerprint density at radius 2 is 2.06 bits per heavy atom. The SMILES string of the molecule is O=C(NC1C=CS(=O)(=O)C1)c1ccccc1I. The van der Waals surface area contributed by atoms with E-state index in [1.807, 2.05) is 12.1 Å². The van der Waals surface area contributed by atoms with E-state index in [0.717, 1.165) is 8.98 Å². The molecule has 1 atom stereocenters. The molecule has 1 heterocycles. The Labute approximate surface area is 113 Å². The van der Waals surface area contributed by atoms with Gasteiger partial charge in [-0.3, -0.25) is 4.79 Å². The van der Waals surface area contributed by atoms with Crippen LogP contribution in [0.4, 0.5) is 0 Å². The largest absolute Gasteiger partial charge is 0.345 e. The average Bonchev–Trinajstić information content (AvgIpc) is 2.58. The molecular weight excluding hydrogens is 353 g/mol. The molecular formula is C11H10INO3S. The Morgan fingerprint density at radius 1 is 1.35 bits per heavy atom. The number of sulfone groups is 1. The van der Waals surface area contributed by atoms with E-state index in [1.165, 1.54) is 6.08 Å². The van der Waals surface area contributed by atoms with Gasteiger partial charge in [0.2, 0.25) is 0 Å². The highest BCUT2D eigenvalue weighted by molar-refractivity contribution is 14.1. The molecule has 17 heavy (non-hydrogen) atoms. The van der Waals surface area contributed by atoms with Gasteiger partial charge in [-0.2, -0.15) is 0 Å². The quantitative estimate of drug-likeness (QED) is 0.807. The molecule has 0 aromatic heterocycles. The van der Waals surface area contributed by atoms with Gasteiger partial charge in [-0.1, -0.05) is 12.1 Å². The van der Waals surface area contributed by atoms with Crippen molar-refractivity contribution in [2.75, 3.05) is 5.75 Å². The lowest BCUT2D eigenvalue weighted by atomic mass is 10.2. The molecule has 2 rings (SSSR count). The molecule has 1 N–H and O–H groups in total. The van der Waals surface area contributed by atoms with Gasteiger partial charge in [0, 0.05) is 8.98 Å². The number of nitrogens with one attached hydrogen (secondary N) is 1. The fraction of sp³-hybridized carbons (Fsp3) is 0.182. The zero-order valence-electron chi connectivity index (χ0n) is 8.76. The van der Waals surface area contributed by atoms with Crippen LogP contribution in [0.15, 0.2) is 35.7 Å². The van der Waals surface area contributed by atoms with Crippen LogP contribution >= 0.6 is 22.6 Å². The van der Waals surface area contributed by atoms with Crippen molar-refractivity contribution in [3.05, 3.63) is 44.9 Å². The predicted octanol–water partition coefficient (Wildman–Crippen LogP) is 1.33. The maximum absolute atomic E-state index is 11.9. The highest BCUT2D eigenvalue weighted by atomic mass is 127. The first-order valence-electron chi connectivity index (χ1n) is 4.94. The molecule has 90 valence electrons. The Kier molecular flexibility index (Phi) is 3.53. The number of benzene rings is 1. The molecule has 0 saturated heterocycles. The van der Waals surface area contributed by atoms with Gasteiger partial charge in [0.05, 0.1) is 17.4 Å². The predicted molar refractivity (Wildman–Crippen MR) is 73.3 cm³/mol. The van der Waals surface area contributed by atoms with Crippen LogP contribution in [0.2, 0.25) is 0 Å². The van der Waals surface area contributed by atoms with Gasteiger partial charge in [-0.05, 0) is 40.8 Å². The van der Waals surface area contributed by atoms with Crippen molar-refractivity contribution in [3.8, 4) is 0 Å². The zero-order chi connectivity index (χ0) is 12.5. The molecule has 0 radical (unpaired) electrons. The number of rotatable bonds is 2. The first-order chi connectivity index (χ1) is 7.98. The van der Waals surface area contributed by atoms with Crippen molar-refractivity contribution >= 4 is 38.3 Å². The van der Waals surface area contributed by atoms with Crippen molar-refractivity contribution in [2.24, 2.45) is 0 Å². The number of amides is 1. The first kappa shape index (κ1) is 12.6. The molecule has 4 nitrogen and oxygen atoms in total. The van der Waals surface area contributed by atoms with Gasteiger partial charge in [-0.25, -0.2) is 8.42 Å². The number of hydrogen-bond acceptors (Lipinski definition) is 3. The molecule has 0 spiro atoms. The molecule has 1 aliphatic rings. The van der Waals surface area contributed by atoms with Crippen LogP contribution in [-0.4, -0.2) is 26.1 Å². The van der Waals surface area contributed by atoms with Gasteiger partial charge in [0.25, 0.3) is 5.91 Å². The minimum absolute atomic E-state index is 0.0534. The molecule has 0 saturated carbocycles. The number of hydrogen-bond donors (Lipinski definition) is 1. The third-order valence-corrected chi connectivity index (χ3v) is 4.70. The van der Waals surface area contributed by atoms with E-state index in [2.05, 4.69) is 27.9 Å². The summed E-state index contributed by atoms with van der Waals surface area (Å²) in [7, 11) is -3.13. The van der Waals surface area contributed by atoms with E-state index >= 15 is 0 Å². The molecule has 1 aromatic rings. The van der Waals surface area contributed by atoms with E-state index in [0.29, 0.717) is 5.56 Å². The Hall–Kier alpha value is -0.890. The van der Waals surface area contributed by atoms with Gasteiger partial charge in [-0.15, -0.1) is 0 Å². The lowest BCUT2D eigenvalue weighted by Gasteiger charge is -2.10. The third kappa shape index (κ3) is 3.06. The minimum atomic E-state index is -3.13. The van der Waals surface area contributed by atoms with Crippen molar-refractivity contribution in [1.82, 2.24) is 5.32 Å². The van der Waals surface area contributed by atoms with Crippen molar-refractivity contribution in [3.63, 3.8) is 0 Å². The molecule has 1 aliphatic heterocycles. The number of carbonyl (C=O) groups is 1. The van der Waals surface area contributed by atoms with E-state index < -0.39 is 15.9 Å². The smallest absolute Gasteiger partial charge is 0.252 e. The van der Waals surface area contributed by atoms with E-state index in [-0.39, 0.29) is 11.7 Å². The second-order valence-electron chi connectivity index (χ2n) is 3.72. The highest BCUT2D eigenvalue weighted by Crippen LogP contribution is 2.13. The Morgan fingerprint density at radius 3 is 2.65 bits per heavy atom. The second kappa shape index (κ2) is 4.77. The summed E-state index contributed by atoms with van der Waals surface area (Å²) in [6.45, 7) is 0. The fourth-order valence-electron chi connectivity index (χ4n) is 1.56. The first-order valence-corrected chi connectivity index (χ1v) is 7.74. The van der Waals surface area contributed by atoms with E-state index in [4.69, 9.17) is 0 Å². The zero-order valence-corrected chi connectivity index (χ0v) is 11.7. The summed E-state index contributed by atoms with van der Waals surface area (Å²) in [6, 6.07) is 6.74. The molecule has 1 unspecified atom stereocenters. The van der Waals surface area contributed by atoms with Crippen molar-refractivity contribution in [1.29, 1.82) is 0 Å². The highest BCUT2D eigenvalue weighted by Gasteiger charge is 2.23. The van der Waals surface area contributed by atoms with Crippen LogP contribution in [0, 0.1) is 3.57 Å². The fourth-order valence-corrected chi connectivity index (χ4v) is 3.42. The Bertz CT molecular complexity index is 580. The molecule has 0 bridgehead atoms. The third-order valence-electron chi connectivity index (χ3n) is 2.37. The summed E-state index contributed by atoms with van der Waals surface area (Å²) in [5, 5.41) is 3.83.